The first kappa shape index (κ1) is 22.4. The van der Waals surface area contributed by atoms with Gasteiger partial charge in [-0.05, 0) is 40.2 Å². The van der Waals surface area contributed by atoms with Crippen molar-refractivity contribution in [3.63, 3.8) is 0 Å². The quantitative estimate of drug-likeness (QED) is 0.415. The fourth-order valence-corrected chi connectivity index (χ4v) is 3.30. The maximum atomic E-state index is 13.3. The summed E-state index contributed by atoms with van der Waals surface area (Å²) in [5, 5.41) is 0. The van der Waals surface area contributed by atoms with E-state index in [0.717, 1.165) is 5.56 Å². The van der Waals surface area contributed by atoms with Gasteiger partial charge in [0.05, 0.1) is 0 Å². The van der Waals surface area contributed by atoms with Crippen LogP contribution in [0.5, 0.6) is 0 Å². The van der Waals surface area contributed by atoms with Crippen LogP contribution >= 0.6 is 0 Å². The van der Waals surface area contributed by atoms with Gasteiger partial charge in [-0.1, -0.05) is 68.0 Å². The molecule has 0 amide bonds. The summed E-state index contributed by atoms with van der Waals surface area (Å²) in [5.41, 5.74) is 2.14. The van der Waals surface area contributed by atoms with Crippen LogP contribution in [-0.4, -0.2) is 37.1 Å². The van der Waals surface area contributed by atoms with E-state index < -0.39 is 37.1 Å². The highest BCUT2D eigenvalue weighted by Gasteiger charge is 2.58. The molecular weight excluding hydrogens is 368 g/mol. The number of esters is 1. The number of ether oxygens (including phenoxy) is 3. The largest absolute Gasteiger partial charge is 0.457 e. The second kappa shape index (κ2) is 7.86. The molecule has 1 aliphatic rings. The summed E-state index contributed by atoms with van der Waals surface area (Å²) in [6.07, 6.45) is 3.08. The Morgan fingerprint density at radius 1 is 1.18 bits per heavy atom. The molecule has 0 aromatic heterocycles. The highest BCUT2D eigenvalue weighted by molar-refractivity contribution is 6.83. The van der Waals surface area contributed by atoms with E-state index >= 15 is 0 Å². The first-order valence-electron chi connectivity index (χ1n) is 9.62. The fraction of sp³-hybridized carbons (Fsp3) is 0.522. The Kier molecular flexibility index (Phi) is 6.30. The SMILES string of the molecule is CC(C)(C)OC(=O)[C@@]1(C#C[Si](C)(C)C)OC(C)(C)O[C@H]1/C=C/c1ccccc1. The second-order valence-electron chi connectivity index (χ2n) is 9.55. The van der Waals surface area contributed by atoms with Crippen LogP contribution in [0.4, 0.5) is 0 Å². The van der Waals surface area contributed by atoms with Crippen LogP contribution in [0, 0.1) is 11.5 Å². The molecule has 2 atom stereocenters. The minimum atomic E-state index is -1.77. The highest BCUT2D eigenvalue weighted by Crippen LogP contribution is 2.39. The fourth-order valence-electron chi connectivity index (χ4n) is 2.74. The third-order valence-electron chi connectivity index (χ3n) is 3.81. The van der Waals surface area contributed by atoms with Crippen molar-refractivity contribution in [2.24, 2.45) is 0 Å². The maximum absolute atomic E-state index is 13.3. The predicted molar refractivity (Wildman–Crippen MR) is 115 cm³/mol. The van der Waals surface area contributed by atoms with E-state index in [4.69, 9.17) is 14.2 Å². The molecule has 1 heterocycles. The van der Waals surface area contributed by atoms with Gasteiger partial charge in [0.15, 0.2) is 5.79 Å². The maximum Gasteiger partial charge on any atom is 0.355 e. The standard InChI is InChI=1S/C23H32O4Si/c1-21(2,3)26-20(24)23(16-17-28(6,7)8)19(25-22(4,5)27-23)15-14-18-12-10-9-11-13-18/h9-15,19H,1-8H3/b15-14+/t19-,23-/m0/s1. The van der Waals surface area contributed by atoms with Crippen LogP contribution in [0.3, 0.4) is 0 Å². The zero-order valence-corrected chi connectivity index (χ0v) is 19.3. The summed E-state index contributed by atoms with van der Waals surface area (Å²) in [6, 6.07) is 9.85. The van der Waals surface area contributed by atoms with Gasteiger partial charge >= 0.3 is 5.97 Å². The molecule has 5 heteroatoms. The predicted octanol–water partition coefficient (Wildman–Crippen LogP) is 4.81. The lowest BCUT2D eigenvalue weighted by atomic mass is 9.96. The average molecular weight is 401 g/mol. The van der Waals surface area contributed by atoms with E-state index in [-0.39, 0.29) is 0 Å². The van der Waals surface area contributed by atoms with Gasteiger partial charge in [-0.15, -0.1) is 5.54 Å². The van der Waals surface area contributed by atoms with Crippen molar-refractivity contribution in [2.45, 2.75) is 77.4 Å². The molecule has 0 N–H and O–H groups in total. The number of hydrogen-bond acceptors (Lipinski definition) is 4. The lowest BCUT2D eigenvalue weighted by molar-refractivity contribution is -0.188. The van der Waals surface area contributed by atoms with Crippen LogP contribution in [0.15, 0.2) is 36.4 Å². The van der Waals surface area contributed by atoms with E-state index in [0.29, 0.717) is 0 Å². The number of benzene rings is 1. The molecule has 1 aromatic rings. The van der Waals surface area contributed by atoms with E-state index in [1.54, 1.807) is 13.8 Å². The molecule has 0 bridgehead atoms. The van der Waals surface area contributed by atoms with Crippen LogP contribution in [0.25, 0.3) is 6.08 Å². The van der Waals surface area contributed by atoms with Crippen LogP contribution in [0.1, 0.15) is 40.2 Å². The summed E-state index contributed by atoms with van der Waals surface area (Å²) >= 11 is 0. The van der Waals surface area contributed by atoms with Gasteiger partial charge in [0.2, 0.25) is 0 Å². The lowest BCUT2D eigenvalue weighted by Gasteiger charge is -2.29. The van der Waals surface area contributed by atoms with Gasteiger partial charge in [-0.2, -0.15) is 0 Å². The molecule has 4 nitrogen and oxygen atoms in total. The van der Waals surface area contributed by atoms with E-state index in [1.807, 2.05) is 63.3 Å². The molecule has 28 heavy (non-hydrogen) atoms. The van der Waals surface area contributed by atoms with Gasteiger partial charge < -0.3 is 14.2 Å². The third-order valence-corrected chi connectivity index (χ3v) is 4.68. The zero-order valence-electron chi connectivity index (χ0n) is 18.3. The van der Waals surface area contributed by atoms with Crippen LogP contribution in [-0.2, 0) is 19.0 Å². The van der Waals surface area contributed by atoms with Gasteiger partial charge in [-0.3, -0.25) is 0 Å². The molecule has 0 radical (unpaired) electrons. The van der Waals surface area contributed by atoms with Crippen molar-refractivity contribution < 1.29 is 19.0 Å². The topological polar surface area (TPSA) is 44.8 Å². The number of carbonyl (C=O) groups excluding carboxylic acids is 1. The lowest BCUT2D eigenvalue weighted by Crippen LogP contribution is -2.50. The van der Waals surface area contributed by atoms with Crippen LogP contribution < -0.4 is 0 Å². The summed E-state index contributed by atoms with van der Waals surface area (Å²) < 4.78 is 17.9. The Morgan fingerprint density at radius 2 is 1.79 bits per heavy atom. The van der Waals surface area contributed by atoms with Crippen LogP contribution in [0.2, 0.25) is 19.6 Å². The van der Waals surface area contributed by atoms with E-state index in [2.05, 4.69) is 31.1 Å². The summed E-state index contributed by atoms with van der Waals surface area (Å²) in [6.45, 7) is 15.5. The minimum absolute atomic E-state index is 0.515. The molecule has 1 saturated heterocycles. The molecule has 0 spiro atoms. The van der Waals surface area contributed by atoms with Gasteiger partial charge in [0.25, 0.3) is 5.60 Å². The molecule has 1 fully saturated rings. The van der Waals surface area contributed by atoms with Crippen molar-refractivity contribution in [3.8, 4) is 11.5 Å². The first-order valence-corrected chi connectivity index (χ1v) is 13.1. The highest BCUT2D eigenvalue weighted by atomic mass is 28.3. The monoisotopic (exact) mass is 400 g/mol. The Bertz CT molecular complexity index is 788. The van der Waals surface area contributed by atoms with Crippen molar-refractivity contribution in [1.82, 2.24) is 0 Å². The molecule has 1 aromatic carbocycles. The molecule has 2 rings (SSSR count). The van der Waals surface area contributed by atoms with Crippen molar-refractivity contribution in [1.29, 1.82) is 0 Å². The molecule has 0 unspecified atom stereocenters. The summed E-state index contributed by atoms with van der Waals surface area (Å²) in [5.74, 6) is 1.66. The minimum Gasteiger partial charge on any atom is -0.457 e. The van der Waals surface area contributed by atoms with Gasteiger partial charge in [0.1, 0.15) is 19.8 Å². The number of rotatable bonds is 3. The molecule has 1 aliphatic heterocycles. The molecular formula is C23H32O4Si. The van der Waals surface area contributed by atoms with Gasteiger partial charge in [0, 0.05) is 0 Å². The third kappa shape index (κ3) is 6.06. The summed E-state index contributed by atoms with van der Waals surface area (Å²) in [7, 11) is -1.77. The van der Waals surface area contributed by atoms with E-state index in [1.165, 1.54) is 0 Å². The Morgan fingerprint density at radius 3 is 2.32 bits per heavy atom. The number of hydrogen-bond donors (Lipinski definition) is 0. The normalized spacial score (nSPS) is 24.6. The van der Waals surface area contributed by atoms with Crippen molar-refractivity contribution in [3.05, 3.63) is 42.0 Å². The Hall–Kier alpha value is -1.87. The Labute approximate surface area is 170 Å². The number of carbonyl (C=O) groups is 1. The van der Waals surface area contributed by atoms with Gasteiger partial charge in [-0.25, -0.2) is 4.79 Å². The molecule has 152 valence electrons. The second-order valence-corrected chi connectivity index (χ2v) is 14.3. The molecule has 0 saturated carbocycles. The molecule has 0 aliphatic carbocycles. The zero-order chi connectivity index (χ0) is 21.2. The van der Waals surface area contributed by atoms with Crippen molar-refractivity contribution in [2.75, 3.05) is 0 Å². The first-order chi connectivity index (χ1) is 12.7. The van der Waals surface area contributed by atoms with E-state index in [9.17, 15) is 4.79 Å². The van der Waals surface area contributed by atoms with Crippen molar-refractivity contribution >= 4 is 20.1 Å². The summed E-state index contributed by atoms with van der Waals surface area (Å²) in [4.78, 5) is 13.3. The Balaban J connectivity index is 2.52. The smallest absolute Gasteiger partial charge is 0.355 e. The average Bonchev–Trinajstić information content (AvgIpc) is 2.81.